The fourth-order valence-corrected chi connectivity index (χ4v) is 3.61. The van der Waals surface area contributed by atoms with Gasteiger partial charge < -0.3 is 10.2 Å². The predicted octanol–water partition coefficient (Wildman–Crippen LogP) is 4.80. The molecule has 4 nitrogen and oxygen atoms in total. The molecular weight excluding hydrogens is 398 g/mol. The van der Waals surface area contributed by atoms with Gasteiger partial charge >= 0.3 is 0 Å². The number of nitrogens with zero attached hydrogens (tertiary/aromatic N) is 1. The Balaban J connectivity index is 1.88. The summed E-state index contributed by atoms with van der Waals surface area (Å²) in [5.74, 6) is -1.72. The van der Waals surface area contributed by atoms with Crippen LogP contribution in [0.15, 0.2) is 66.7 Å². The molecule has 1 N–H and O–H groups in total. The van der Waals surface area contributed by atoms with Crippen LogP contribution in [0.5, 0.6) is 0 Å². The highest BCUT2D eigenvalue weighted by Crippen LogP contribution is 2.38. The van der Waals surface area contributed by atoms with Gasteiger partial charge in [-0.05, 0) is 60.2 Å². The molecule has 0 saturated carbocycles. The number of fused-ring (bicyclic) bond motifs is 1. The van der Waals surface area contributed by atoms with Crippen LogP contribution in [0.3, 0.4) is 0 Å². The number of hydrogen-bond donors (Lipinski definition) is 1. The summed E-state index contributed by atoms with van der Waals surface area (Å²) in [6.07, 6.45) is 0. The quantitative estimate of drug-likeness (QED) is 0.657. The van der Waals surface area contributed by atoms with Crippen molar-refractivity contribution < 1.29 is 18.4 Å². The van der Waals surface area contributed by atoms with Crippen molar-refractivity contribution in [3.8, 4) is 0 Å². The van der Waals surface area contributed by atoms with E-state index >= 15 is 0 Å². The minimum Gasteiger partial charge on any atom is -0.324 e. The number of nitrogens with one attached hydrogen (secondary N) is 1. The first-order valence-corrected chi connectivity index (χ1v) is 9.21. The number of amides is 2. The van der Waals surface area contributed by atoms with E-state index in [0.717, 1.165) is 0 Å². The summed E-state index contributed by atoms with van der Waals surface area (Å²) in [6.45, 7) is -0.232. The molecule has 1 aliphatic rings. The Morgan fingerprint density at radius 3 is 2.24 bits per heavy atom. The van der Waals surface area contributed by atoms with Crippen molar-refractivity contribution in [1.29, 1.82) is 0 Å². The molecule has 2 amide bonds. The van der Waals surface area contributed by atoms with Gasteiger partial charge in [0.25, 0.3) is 5.91 Å². The van der Waals surface area contributed by atoms with Crippen molar-refractivity contribution >= 4 is 29.1 Å². The molecule has 4 rings (SSSR count). The SMILES string of the molecule is O=C1CN(C(=O)c2ccc(F)cc2)C(c2ccc(F)cc2)c2cc(Cl)ccc2N1. The highest BCUT2D eigenvalue weighted by atomic mass is 35.5. The molecule has 3 aromatic rings. The van der Waals surface area contributed by atoms with Gasteiger partial charge in [0.1, 0.15) is 18.2 Å². The smallest absolute Gasteiger partial charge is 0.255 e. The highest BCUT2D eigenvalue weighted by Gasteiger charge is 2.34. The van der Waals surface area contributed by atoms with E-state index in [1.807, 2.05) is 0 Å². The third kappa shape index (κ3) is 3.84. The summed E-state index contributed by atoms with van der Waals surface area (Å²) >= 11 is 6.19. The molecule has 1 aliphatic heterocycles. The molecule has 1 unspecified atom stereocenters. The molecular formula is C22H15ClF2N2O2. The summed E-state index contributed by atoms with van der Waals surface area (Å²) in [6, 6.07) is 15.1. The number of carbonyl (C=O) groups excluding carboxylic acids is 2. The maximum absolute atomic E-state index is 13.5. The minimum atomic E-state index is -0.694. The van der Waals surface area contributed by atoms with Crippen LogP contribution < -0.4 is 5.32 Å². The number of halogens is 3. The van der Waals surface area contributed by atoms with E-state index in [1.54, 1.807) is 30.3 Å². The molecule has 0 radical (unpaired) electrons. The van der Waals surface area contributed by atoms with Crippen LogP contribution in [-0.4, -0.2) is 23.3 Å². The maximum Gasteiger partial charge on any atom is 0.255 e. The lowest BCUT2D eigenvalue weighted by Gasteiger charge is -2.30. The molecule has 0 bridgehead atoms. The van der Waals surface area contributed by atoms with Gasteiger partial charge in [0.15, 0.2) is 0 Å². The van der Waals surface area contributed by atoms with Crippen LogP contribution in [0.1, 0.15) is 27.5 Å². The first-order chi connectivity index (χ1) is 13.9. The zero-order valence-corrected chi connectivity index (χ0v) is 15.8. The first-order valence-electron chi connectivity index (χ1n) is 8.83. The number of rotatable bonds is 2. The van der Waals surface area contributed by atoms with Gasteiger partial charge in [0, 0.05) is 21.8 Å². The standard InChI is InChI=1S/C22H15ClF2N2O2/c23-15-5-10-19-18(11-15)21(13-1-6-16(24)7-2-13)27(12-20(28)26-19)22(29)14-3-8-17(25)9-4-14/h1-11,21H,12H2,(H,26,28). The van der Waals surface area contributed by atoms with E-state index in [4.69, 9.17) is 11.6 Å². The Labute approximate surface area is 170 Å². The van der Waals surface area contributed by atoms with E-state index in [-0.39, 0.29) is 18.0 Å². The van der Waals surface area contributed by atoms with Crippen LogP contribution >= 0.6 is 11.6 Å². The summed E-state index contributed by atoms with van der Waals surface area (Å²) in [5, 5.41) is 3.21. The third-order valence-electron chi connectivity index (χ3n) is 4.75. The molecule has 1 heterocycles. The van der Waals surface area contributed by atoms with Gasteiger partial charge in [0.05, 0.1) is 6.04 Å². The third-order valence-corrected chi connectivity index (χ3v) is 4.98. The fraction of sp³-hybridized carbons (Fsp3) is 0.0909. The van der Waals surface area contributed by atoms with Crippen molar-refractivity contribution in [1.82, 2.24) is 4.90 Å². The van der Waals surface area contributed by atoms with E-state index < -0.39 is 23.6 Å². The molecule has 146 valence electrons. The second-order valence-corrected chi connectivity index (χ2v) is 7.11. The van der Waals surface area contributed by atoms with Crippen molar-refractivity contribution in [2.24, 2.45) is 0 Å². The molecule has 0 aliphatic carbocycles. The second kappa shape index (κ2) is 7.64. The molecule has 0 spiro atoms. The maximum atomic E-state index is 13.5. The zero-order valence-electron chi connectivity index (χ0n) is 15.0. The Hall–Kier alpha value is -3.25. The normalized spacial score (nSPS) is 16.0. The predicted molar refractivity (Wildman–Crippen MR) is 106 cm³/mol. The molecule has 0 aromatic heterocycles. The lowest BCUT2D eigenvalue weighted by atomic mass is 9.95. The summed E-state index contributed by atoms with van der Waals surface area (Å²) < 4.78 is 26.8. The van der Waals surface area contributed by atoms with Gasteiger partial charge in [-0.25, -0.2) is 8.78 Å². The molecule has 29 heavy (non-hydrogen) atoms. The lowest BCUT2D eigenvalue weighted by Crippen LogP contribution is -2.39. The van der Waals surface area contributed by atoms with Gasteiger partial charge in [-0.15, -0.1) is 0 Å². The Morgan fingerprint density at radius 2 is 1.59 bits per heavy atom. The summed E-state index contributed by atoms with van der Waals surface area (Å²) in [5.41, 5.74) is 1.97. The van der Waals surface area contributed by atoms with E-state index in [9.17, 15) is 18.4 Å². The molecule has 7 heteroatoms. The largest absolute Gasteiger partial charge is 0.324 e. The number of carbonyl (C=O) groups is 2. The average molecular weight is 413 g/mol. The minimum absolute atomic E-state index is 0.232. The van der Waals surface area contributed by atoms with Crippen LogP contribution in [0, 0.1) is 11.6 Å². The molecule has 3 aromatic carbocycles. The van der Waals surface area contributed by atoms with E-state index in [1.165, 1.54) is 41.3 Å². The number of hydrogen-bond acceptors (Lipinski definition) is 2. The van der Waals surface area contributed by atoms with Crippen LogP contribution in [0.4, 0.5) is 14.5 Å². The first kappa shape index (κ1) is 19.1. The van der Waals surface area contributed by atoms with Crippen molar-refractivity contribution in [3.63, 3.8) is 0 Å². The topological polar surface area (TPSA) is 49.4 Å². The van der Waals surface area contributed by atoms with Crippen LogP contribution in [0.2, 0.25) is 5.02 Å². The Bertz CT molecular complexity index is 1080. The van der Waals surface area contributed by atoms with Gasteiger partial charge in [-0.3, -0.25) is 9.59 Å². The summed E-state index contributed by atoms with van der Waals surface area (Å²) in [7, 11) is 0. The van der Waals surface area contributed by atoms with Crippen molar-refractivity contribution in [3.05, 3.63) is 100 Å². The monoisotopic (exact) mass is 412 g/mol. The fourth-order valence-electron chi connectivity index (χ4n) is 3.43. The molecule has 0 saturated heterocycles. The number of benzene rings is 3. The second-order valence-electron chi connectivity index (χ2n) is 6.67. The summed E-state index contributed by atoms with van der Waals surface area (Å²) in [4.78, 5) is 27.1. The van der Waals surface area contributed by atoms with Crippen LogP contribution in [0.25, 0.3) is 0 Å². The van der Waals surface area contributed by atoms with Crippen molar-refractivity contribution in [2.75, 3.05) is 11.9 Å². The van der Waals surface area contributed by atoms with Gasteiger partial charge in [-0.1, -0.05) is 23.7 Å². The Kier molecular flexibility index (Phi) is 5.03. The highest BCUT2D eigenvalue weighted by molar-refractivity contribution is 6.30. The molecule has 1 atom stereocenters. The lowest BCUT2D eigenvalue weighted by molar-refractivity contribution is -0.117. The van der Waals surface area contributed by atoms with Crippen LogP contribution in [-0.2, 0) is 4.79 Å². The zero-order chi connectivity index (χ0) is 20.5. The van der Waals surface area contributed by atoms with Gasteiger partial charge in [-0.2, -0.15) is 0 Å². The van der Waals surface area contributed by atoms with Crippen molar-refractivity contribution in [2.45, 2.75) is 6.04 Å². The Morgan fingerprint density at radius 1 is 0.966 bits per heavy atom. The van der Waals surface area contributed by atoms with E-state index in [0.29, 0.717) is 21.8 Å². The van der Waals surface area contributed by atoms with E-state index in [2.05, 4.69) is 5.32 Å². The number of anilines is 1. The molecule has 0 fully saturated rings. The average Bonchev–Trinajstić information content (AvgIpc) is 2.84. The van der Waals surface area contributed by atoms with Gasteiger partial charge in [0.2, 0.25) is 5.91 Å².